The van der Waals surface area contributed by atoms with Gasteiger partial charge in [0.05, 0.1) is 10.7 Å². The topological polar surface area (TPSA) is 46.3 Å². The predicted octanol–water partition coefficient (Wildman–Crippen LogP) is 3.85. The Labute approximate surface area is 127 Å². The second-order valence-electron chi connectivity index (χ2n) is 4.49. The highest BCUT2D eigenvalue weighted by atomic mass is 35.5. The summed E-state index contributed by atoms with van der Waals surface area (Å²) in [5.74, 6) is -0.133. The van der Waals surface area contributed by atoms with Crippen LogP contribution < -0.4 is 5.73 Å². The Kier molecular flexibility index (Phi) is 4.53. The second kappa shape index (κ2) is 6.16. The maximum atomic E-state index is 12.3. The summed E-state index contributed by atoms with van der Waals surface area (Å²) in [4.78, 5) is 13.9. The van der Waals surface area contributed by atoms with Gasteiger partial charge in [-0.1, -0.05) is 41.4 Å². The first kappa shape index (κ1) is 14.7. The van der Waals surface area contributed by atoms with E-state index >= 15 is 0 Å². The number of anilines is 1. The van der Waals surface area contributed by atoms with E-state index < -0.39 is 0 Å². The molecule has 2 rings (SSSR count). The van der Waals surface area contributed by atoms with Crippen molar-refractivity contribution in [1.29, 1.82) is 0 Å². The van der Waals surface area contributed by atoms with E-state index in [4.69, 9.17) is 28.9 Å². The molecule has 2 aromatic rings. The van der Waals surface area contributed by atoms with E-state index in [0.717, 1.165) is 5.56 Å². The van der Waals surface area contributed by atoms with Crippen molar-refractivity contribution in [2.24, 2.45) is 0 Å². The molecule has 0 saturated heterocycles. The standard InChI is InChI=1S/C15H14Cl2N2O/c1-19(9-11-4-2-3-5-12(11)16)15(20)10-6-7-14(18)13(17)8-10/h2-8H,9,18H2,1H3. The third-order valence-electron chi connectivity index (χ3n) is 2.96. The van der Waals surface area contributed by atoms with E-state index in [1.807, 2.05) is 18.2 Å². The Morgan fingerprint density at radius 1 is 1.15 bits per heavy atom. The summed E-state index contributed by atoms with van der Waals surface area (Å²) in [6.07, 6.45) is 0. The van der Waals surface area contributed by atoms with E-state index in [9.17, 15) is 4.79 Å². The third-order valence-corrected chi connectivity index (χ3v) is 3.66. The summed E-state index contributed by atoms with van der Waals surface area (Å²) in [7, 11) is 1.72. The van der Waals surface area contributed by atoms with Crippen molar-refractivity contribution < 1.29 is 4.79 Å². The Balaban J connectivity index is 2.16. The van der Waals surface area contributed by atoms with Crippen molar-refractivity contribution in [3.63, 3.8) is 0 Å². The fraction of sp³-hybridized carbons (Fsp3) is 0.133. The average Bonchev–Trinajstić information content (AvgIpc) is 2.43. The number of amides is 1. The van der Waals surface area contributed by atoms with Gasteiger partial charge in [0.15, 0.2) is 0 Å². The molecule has 0 aromatic heterocycles. The highest BCUT2D eigenvalue weighted by Gasteiger charge is 2.14. The molecule has 0 spiro atoms. The van der Waals surface area contributed by atoms with Gasteiger partial charge in [0.1, 0.15) is 0 Å². The zero-order chi connectivity index (χ0) is 14.7. The minimum absolute atomic E-state index is 0.133. The van der Waals surface area contributed by atoms with Crippen LogP contribution in [-0.4, -0.2) is 17.9 Å². The molecular formula is C15H14Cl2N2O. The largest absolute Gasteiger partial charge is 0.398 e. The average molecular weight is 309 g/mol. The second-order valence-corrected chi connectivity index (χ2v) is 5.30. The van der Waals surface area contributed by atoms with Crippen molar-refractivity contribution in [2.75, 3.05) is 12.8 Å². The van der Waals surface area contributed by atoms with Crippen molar-refractivity contribution in [2.45, 2.75) is 6.54 Å². The number of benzene rings is 2. The van der Waals surface area contributed by atoms with E-state index in [1.54, 1.807) is 36.2 Å². The van der Waals surface area contributed by atoms with Gasteiger partial charge in [-0.05, 0) is 29.8 Å². The molecule has 2 aromatic carbocycles. The molecule has 3 nitrogen and oxygen atoms in total. The Hall–Kier alpha value is -1.71. The van der Waals surface area contributed by atoms with Crippen LogP contribution in [0.2, 0.25) is 10.0 Å². The normalized spacial score (nSPS) is 10.3. The van der Waals surface area contributed by atoms with Crippen molar-refractivity contribution in [1.82, 2.24) is 4.90 Å². The number of carbonyl (C=O) groups is 1. The van der Waals surface area contributed by atoms with Crippen molar-refractivity contribution in [3.8, 4) is 0 Å². The van der Waals surface area contributed by atoms with Crippen molar-refractivity contribution in [3.05, 3.63) is 63.6 Å². The molecule has 0 heterocycles. The van der Waals surface area contributed by atoms with Gasteiger partial charge in [0, 0.05) is 24.2 Å². The molecule has 1 amide bonds. The summed E-state index contributed by atoms with van der Waals surface area (Å²) in [6, 6.07) is 12.3. The van der Waals surface area contributed by atoms with E-state index in [1.165, 1.54) is 0 Å². The molecule has 0 aliphatic rings. The number of carbonyl (C=O) groups excluding carboxylic acids is 1. The lowest BCUT2D eigenvalue weighted by Crippen LogP contribution is -2.26. The van der Waals surface area contributed by atoms with Crippen LogP contribution in [-0.2, 0) is 6.54 Å². The van der Waals surface area contributed by atoms with Crippen LogP contribution in [0.3, 0.4) is 0 Å². The minimum Gasteiger partial charge on any atom is -0.398 e. The fourth-order valence-corrected chi connectivity index (χ4v) is 2.21. The number of halogens is 2. The molecule has 20 heavy (non-hydrogen) atoms. The predicted molar refractivity (Wildman–Crippen MR) is 83.1 cm³/mol. The smallest absolute Gasteiger partial charge is 0.253 e. The fourth-order valence-electron chi connectivity index (χ4n) is 1.83. The van der Waals surface area contributed by atoms with Crippen LogP contribution >= 0.6 is 23.2 Å². The third kappa shape index (κ3) is 3.24. The van der Waals surface area contributed by atoms with E-state index in [0.29, 0.717) is 27.8 Å². The molecule has 0 aliphatic carbocycles. The molecule has 0 bridgehead atoms. The highest BCUT2D eigenvalue weighted by molar-refractivity contribution is 6.33. The monoisotopic (exact) mass is 308 g/mol. The minimum atomic E-state index is -0.133. The zero-order valence-electron chi connectivity index (χ0n) is 10.9. The maximum Gasteiger partial charge on any atom is 0.253 e. The summed E-state index contributed by atoms with van der Waals surface area (Å²) >= 11 is 12.0. The van der Waals surface area contributed by atoms with Crippen LogP contribution in [0.4, 0.5) is 5.69 Å². The molecule has 5 heteroatoms. The van der Waals surface area contributed by atoms with Gasteiger partial charge in [-0.25, -0.2) is 0 Å². The van der Waals surface area contributed by atoms with Crippen molar-refractivity contribution >= 4 is 34.8 Å². The van der Waals surface area contributed by atoms with Crippen LogP contribution in [0.25, 0.3) is 0 Å². The van der Waals surface area contributed by atoms with Crippen LogP contribution in [0.1, 0.15) is 15.9 Å². The molecule has 2 N–H and O–H groups in total. The number of nitrogens with zero attached hydrogens (tertiary/aromatic N) is 1. The Morgan fingerprint density at radius 2 is 1.85 bits per heavy atom. The maximum absolute atomic E-state index is 12.3. The Morgan fingerprint density at radius 3 is 2.50 bits per heavy atom. The van der Waals surface area contributed by atoms with Gasteiger partial charge in [-0.3, -0.25) is 4.79 Å². The van der Waals surface area contributed by atoms with Gasteiger partial charge in [-0.2, -0.15) is 0 Å². The number of rotatable bonds is 3. The molecule has 104 valence electrons. The lowest BCUT2D eigenvalue weighted by atomic mass is 10.1. The first-order chi connectivity index (χ1) is 9.49. The summed E-state index contributed by atoms with van der Waals surface area (Å²) in [5.41, 5.74) is 7.48. The number of nitrogens with two attached hydrogens (primary N) is 1. The molecule has 0 unspecified atom stereocenters. The van der Waals surface area contributed by atoms with Crippen LogP contribution in [0.5, 0.6) is 0 Å². The first-order valence-electron chi connectivity index (χ1n) is 6.03. The Bertz CT molecular complexity index is 644. The zero-order valence-corrected chi connectivity index (χ0v) is 12.4. The lowest BCUT2D eigenvalue weighted by molar-refractivity contribution is 0.0785. The van der Waals surface area contributed by atoms with Crippen LogP contribution in [0.15, 0.2) is 42.5 Å². The van der Waals surface area contributed by atoms with E-state index in [2.05, 4.69) is 0 Å². The molecule has 0 radical (unpaired) electrons. The van der Waals surface area contributed by atoms with Gasteiger partial charge in [0.25, 0.3) is 5.91 Å². The quantitative estimate of drug-likeness (QED) is 0.875. The summed E-state index contributed by atoms with van der Waals surface area (Å²) in [6.45, 7) is 0.431. The van der Waals surface area contributed by atoms with Gasteiger partial charge in [0.2, 0.25) is 0 Å². The van der Waals surface area contributed by atoms with Gasteiger partial charge >= 0.3 is 0 Å². The summed E-state index contributed by atoms with van der Waals surface area (Å²) in [5, 5.41) is 1.02. The number of hydrogen-bond donors (Lipinski definition) is 1. The summed E-state index contributed by atoms with van der Waals surface area (Å²) < 4.78 is 0. The number of nitrogen functional groups attached to an aromatic ring is 1. The molecule has 0 atom stereocenters. The SMILES string of the molecule is CN(Cc1ccccc1Cl)C(=O)c1ccc(N)c(Cl)c1. The van der Waals surface area contributed by atoms with E-state index in [-0.39, 0.29) is 5.91 Å². The van der Waals surface area contributed by atoms with Gasteiger partial charge in [-0.15, -0.1) is 0 Å². The van der Waals surface area contributed by atoms with Crippen LogP contribution in [0, 0.1) is 0 Å². The number of hydrogen-bond acceptors (Lipinski definition) is 2. The highest BCUT2D eigenvalue weighted by Crippen LogP contribution is 2.22. The lowest BCUT2D eigenvalue weighted by Gasteiger charge is -2.18. The molecule has 0 saturated carbocycles. The molecular weight excluding hydrogens is 295 g/mol. The molecule has 0 fully saturated rings. The van der Waals surface area contributed by atoms with Gasteiger partial charge < -0.3 is 10.6 Å². The first-order valence-corrected chi connectivity index (χ1v) is 6.78. The molecule has 0 aliphatic heterocycles.